The molecule has 3 N–H and O–H groups in total. The fourth-order valence-corrected chi connectivity index (χ4v) is 5.93. The number of carbonyl (C=O) groups excluding carboxylic acids is 1. The second-order valence-corrected chi connectivity index (χ2v) is 11.1. The molecular formula is C30H32F3N5O4. The molecule has 3 aliphatic rings. The van der Waals surface area contributed by atoms with E-state index in [1.807, 2.05) is 0 Å². The number of nitrogens with one attached hydrogen (secondary N) is 1. The molecule has 3 aliphatic heterocycles. The largest absolute Gasteiger partial charge is 0.488 e. The molecule has 3 atom stereocenters. The third-order valence-corrected chi connectivity index (χ3v) is 7.71. The quantitative estimate of drug-likeness (QED) is 0.437. The monoisotopic (exact) mass is 583 g/mol. The number of nitrogens with two attached hydrogens (primary N) is 1. The molecule has 1 amide bonds. The van der Waals surface area contributed by atoms with Crippen molar-refractivity contribution in [3.63, 3.8) is 0 Å². The molecule has 12 heteroatoms. The Labute approximate surface area is 241 Å². The van der Waals surface area contributed by atoms with Crippen LogP contribution in [-0.4, -0.2) is 60.9 Å². The molecule has 0 saturated carbocycles. The number of halogens is 3. The SMILES string of the molecule is C[C@@H]1CC(N)CN(c2c(NC(=O)c3ccc(F)c(-c4c(F)cc(OC5CCCOC5)cc4F)n3)cnc3c2CCO3)C1. The highest BCUT2D eigenvalue weighted by atomic mass is 19.1. The molecule has 0 radical (unpaired) electrons. The Morgan fingerprint density at radius 3 is 2.69 bits per heavy atom. The Morgan fingerprint density at radius 1 is 1.14 bits per heavy atom. The van der Waals surface area contributed by atoms with Crippen LogP contribution in [0.1, 0.15) is 42.2 Å². The van der Waals surface area contributed by atoms with Gasteiger partial charge in [0, 0.05) is 49.9 Å². The van der Waals surface area contributed by atoms with Crippen LogP contribution in [0.4, 0.5) is 24.5 Å². The summed E-state index contributed by atoms with van der Waals surface area (Å²) in [5, 5.41) is 2.82. The summed E-state index contributed by atoms with van der Waals surface area (Å²) in [7, 11) is 0. The number of benzene rings is 1. The smallest absolute Gasteiger partial charge is 0.274 e. The van der Waals surface area contributed by atoms with Crippen molar-refractivity contribution in [1.82, 2.24) is 9.97 Å². The number of fused-ring (bicyclic) bond motifs is 1. The van der Waals surface area contributed by atoms with Gasteiger partial charge in [-0.25, -0.2) is 23.1 Å². The Balaban J connectivity index is 1.28. The maximum absolute atomic E-state index is 15.2. The maximum atomic E-state index is 15.2. The molecule has 2 unspecified atom stereocenters. The molecule has 1 aromatic carbocycles. The number of nitrogens with zero attached hydrogens (tertiary/aromatic N) is 3. The average Bonchev–Trinajstić information content (AvgIpc) is 3.42. The molecule has 9 nitrogen and oxygen atoms in total. The third-order valence-electron chi connectivity index (χ3n) is 7.71. The summed E-state index contributed by atoms with van der Waals surface area (Å²) < 4.78 is 61.9. The van der Waals surface area contributed by atoms with Crippen LogP contribution in [0.15, 0.2) is 30.5 Å². The van der Waals surface area contributed by atoms with E-state index in [0.29, 0.717) is 56.7 Å². The number of pyridine rings is 2. The molecule has 2 fully saturated rings. The number of rotatable bonds is 6. The van der Waals surface area contributed by atoms with E-state index in [0.717, 1.165) is 54.9 Å². The van der Waals surface area contributed by atoms with E-state index in [1.165, 1.54) is 6.20 Å². The zero-order valence-corrected chi connectivity index (χ0v) is 23.2. The molecule has 2 saturated heterocycles. The van der Waals surface area contributed by atoms with Gasteiger partial charge < -0.3 is 30.2 Å². The summed E-state index contributed by atoms with van der Waals surface area (Å²) in [6.07, 6.45) is 4.14. The highest BCUT2D eigenvalue weighted by molar-refractivity contribution is 6.05. The highest BCUT2D eigenvalue weighted by Crippen LogP contribution is 2.40. The van der Waals surface area contributed by atoms with Gasteiger partial charge in [0.2, 0.25) is 5.88 Å². The van der Waals surface area contributed by atoms with Gasteiger partial charge >= 0.3 is 0 Å². The number of aromatic nitrogens is 2. The lowest BCUT2D eigenvalue weighted by Crippen LogP contribution is -2.47. The topological polar surface area (TPSA) is 112 Å². The van der Waals surface area contributed by atoms with Gasteiger partial charge in [-0.1, -0.05) is 6.92 Å². The Hall–Kier alpha value is -3.90. The van der Waals surface area contributed by atoms with Crippen molar-refractivity contribution in [2.45, 2.75) is 44.8 Å². The summed E-state index contributed by atoms with van der Waals surface area (Å²) in [6, 6.07) is 4.04. The third kappa shape index (κ3) is 5.73. The summed E-state index contributed by atoms with van der Waals surface area (Å²) in [4.78, 5) is 23.9. The van der Waals surface area contributed by atoms with Crippen LogP contribution < -0.4 is 25.4 Å². The van der Waals surface area contributed by atoms with Gasteiger partial charge in [0.25, 0.3) is 5.91 Å². The van der Waals surface area contributed by atoms with Crippen LogP contribution in [0.2, 0.25) is 0 Å². The van der Waals surface area contributed by atoms with Gasteiger partial charge in [-0.15, -0.1) is 0 Å². The lowest BCUT2D eigenvalue weighted by Gasteiger charge is -2.38. The van der Waals surface area contributed by atoms with Crippen molar-refractivity contribution in [1.29, 1.82) is 0 Å². The van der Waals surface area contributed by atoms with Gasteiger partial charge in [-0.05, 0) is 37.3 Å². The Kier molecular flexibility index (Phi) is 7.91. The van der Waals surface area contributed by atoms with Gasteiger partial charge in [-0.2, -0.15) is 0 Å². The van der Waals surface area contributed by atoms with Crippen LogP contribution in [0.5, 0.6) is 11.6 Å². The second-order valence-electron chi connectivity index (χ2n) is 11.1. The summed E-state index contributed by atoms with van der Waals surface area (Å²) in [5.74, 6) is -2.99. The summed E-state index contributed by atoms with van der Waals surface area (Å²) >= 11 is 0. The first-order valence-electron chi connectivity index (χ1n) is 14.1. The van der Waals surface area contributed by atoms with Crippen LogP contribution in [0.25, 0.3) is 11.3 Å². The van der Waals surface area contributed by atoms with Crippen molar-refractivity contribution in [3.8, 4) is 22.9 Å². The average molecular weight is 584 g/mol. The number of anilines is 2. The molecule has 5 heterocycles. The van der Waals surface area contributed by atoms with Crippen molar-refractivity contribution in [2.24, 2.45) is 11.7 Å². The number of hydrogen-bond donors (Lipinski definition) is 2. The van der Waals surface area contributed by atoms with Gasteiger partial charge in [-0.3, -0.25) is 4.79 Å². The van der Waals surface area contributed by atoms with Gasteiger partial charge in [0.05, 0.1) is 36.3 Å². The number of piperidine rings is 1. The molecule has 0 bridgehead atoms. The van der Waals surface area contributed by atoms with Crippen LogP contribution in [0, 0.1) is 23.4 Å². The van der Waals surface area contributed by atoms with Crippen molar-refractivity contribution >= 4 is 17.3 Å². The summed E-state index contributed by atoms with van der Waals surface area (Å²) in [6.45, 7) is 4.84. The maximum Gasteiger partial charge on any atom is 0.274 e. The van der Waals surface area contributed by atoms with E-state index < -0.39 is 34.6 Å². The molecule has 0 aliphatic carbocycles. The lowest BCUT2D eigenvalue weighted by atomic mass is 9.95. The van der Waals surface area contributed by atoms with Crippen molar-refractivity contribution in [3.05, 3.63) is 59.2 Å². The van der Waals surface area contributed by atoms with Crippen LogP contribution >= 0.6 is 0 Å². The summed E-state index contributed by atoms with van der Waals surface area (Å²) in [5.41, 5.74) is 6.83. The van der Waals surface area contributed by atoms with Gasteiger partial charge in [0.15, 0.2) is 0 Å². The molecule has 2 aromatic heterocycles. The van der Waals surface area contributed by atoms with Gasteiger partial charge in [0.1, 0.15) is 40.7 Å². The first kappa shape index (κ1) is 28.2. The first-order valence-corrected chi connectivity index (χ1v) is 14.1. The number of amides is 1. The number of carbonyl (C=O) groups is 1. The number of hydrogen-bond acceptors (Lipinski definition) is 8. The fourth-order valence-electron chi connectivity index (χ4n) is 5.93. The minimum absolute atomic E-state index is 0.0362. The van der Waals surface area contributed by atoms with E-state index in [-0.39, 0.29) is 23.6 Å². The van der Waals surface area contributed by atoms with Crippen molar-refractivity contribution < 1.29 is 32.2 Å². The molecular weight excluding hydrogens is 551 g/mol. The molecule has 42 heavy (non-hydrogen) atoms. The normalized spacial score (nSPS) is 21.9. The molecule has 3 aromatic rings. The van der Waals surface area contributed by atoms with Crippen LogP contribution in [-0.2, 0) is 11.2 Å². The van der Waals surface area contributed by atoms with E-state index in [4.69, 9.17) is 19.9 Å². The highest BCUT2D eigenvalue weighted by Gasteiger charge is 2.31. The predicted molar refractivity (Wildman–Crippen MR) is 149 cm³/mol. The van der Waals surface area contributed by atoms with E-state index in [9.17, 15) is 9.18 Å². The van der Waals surface area contributed by atoms with E-state index in [2.05, 4.69) is 27.1 Å². The molecule has 0 spiro atoms. The standard InChI is InChI=1S/C30H32F3N5O4/c1-16-9-17(34)14-38(13-16)28-20-6-8-41-30(20)35-12-25(28)37-29(39)24-5-4-21(31)27(36-24)26-22(32)10-19(11-23(26)33)42-18-3-2-7-40-15-18/h4-5,10-12,16-18H,2-3,6-9,13-15,34H2,1H3,(H,37,39)/t16-,17?,18?/m1/s1. The zero-order valence-electron chi connectivity index (χ0n) is 23.2. The minimum atomic E-state index is -1.06. The van der Waals surface area contributed by atoms with Crippen LogP contribution in [0.3, 0.4) is 0 Å². The van der Waals surface area contributed by atoms with Crippen molar-refractivity contribution in [2.75, 3.05) is 43.1 Å². The Bertz CT molecular complexity index is 1470. The molecule has 222 valence electrons. The minimum Gasteiger partial charge on any atom is -0.488 e. The first-order chi connectivity index (χ1) is 20.3. The fraction of sp³-hybridized carbons (Fsp3) is 0.433. The Morgan fingerprint density at radius 2 is 1.95 bits per heavy atom. The lowest BCUT2D eigenvalue weighted by molar-refractivity contribution is 0.00720. The van der Waals surface area contributed by atoms with E-state index in [1.54, 1.807) is 0 Å². The van der Waals surface area contributed by atoms with E-state index >= 15 is 8.78 Å². The predicted octanol–water partition coefficient (Wildman–Crippen LogP) is 4.48. The number of ether oxygens (including phenoxy) is 3. The second kappa shape index (κ2) is 11.8. The zero-order chi connectivity index (χ0) is 29.4. The molecule has 6 rings (SSSR count).